The molecule has 0 heterocycles. The van der Waals surface area contributed by atoms with Gasteiger partial charge in [0.25, 0.3) is 0 Å². The maximum atomic E-state index is 3.99. The van der Waals surface area contributed by atoms with Crippen molar-refractivity contribution in [3.05, 3.63) is 0 Å². The standard InChI is InChI=1S/C4H8INS/c1-2-6-4-7-3-5/h4H,2-3H2,1H3. The van der Waals surface area contributed by atoms with Crippen LogP contribution in [-0.4, -0.2) is 15.9 Å². The van der Waals surface area contributed by atoms with E-state index in [1.165, 1.54) is 0 Å². The van der Waals surface area contributed by atoms with Crippen LogP contribution in [0.3, 0.4) is 0 Å². The highest BCUT2D eigenvalue weighted by atomic mass is 127. The molecule has 0 aromatic heterocycles. The predicted molar refractivity (Wildman–Crippen MR) is 45.5 cm³/mol. The van der Waals surface area contributed by atoms with Gasteiger partial charge in [0.1, 0.15) is 0 Å². The first-order valence-corrected chi connectivity index (χ1v) is 4.65. The van der Waals surface area contributed by atoms with Gasteiger partial charge in [-0.3, -0.25) is 4.99 Å². The summed E-state index contributed by atoms with van der Waals surface area (Å²) >= 11 is 4.03. The fraction of sp³-hybridized carbons (Fsp3) is 0.750. The number of thioether (sulfide) groups is 1. The van der Waals surface area contributed by atoms with E-state index in [0.717, 1.165) is 10.3 Å². The molecule has 0 fully saturated rings. The van der Waals surface area contributed by atoms with Crippen LogP contribution in [0.25, 0.3) is 0 Å². The van der Waals surface area contributed by atoms with Crippen molar-refractivity contribution < 1.29 is 0 Å². The Morgan fingerprint density at radius 3 is 3.00 bits per heavy atom. The van der Waals surface area contributed by atoms with Gasteiger partial charge in [-0.1, -0.05) is 22.6 Å². The van der Waals surface area contributed by atoms with Crippen LogP contribution in [0.4, 0.5) is 0 Å². The molecule has 0 saturated carbocycles. The Kier molecular flexibility index (Phi) is 7.47. The molecule has 0 unspecified atom stereocenters. The van der Waals surface area contributed by atoms with Gasteiger partial charge >= 0.3 is 0 Å². The van der Waals surface area contributed by atoms with E-state index in [-0.39, 0.29) is 0 Å². The average molecular weight is 229 g/mol. The van der Waals surface area contributed by atoms with E-state index in [2.05, 4.69) is 27.6 Å². The number of hydrogen-bond donors (Lipinski definition) is 0. The Morgan fingerprint density at radius 1 is 1.86 bits per heavy atom. The van der Waals surface area contributed by atoms with Crippen LogP contribution < -0.4 is 0 Å². The lowest BCUT2D eigenvalue weighted by atomic mass is 10.8. The van der Waals surface area contributed by atoms with E-state index in [9.17, 15) is 0 Å². The molecule has 0 N–H and O–H groups in total. The summed E-state index contributed by atoms with van der Waals surface area (Å²) in [4.78, 5) is 3.99. The van der Waals surface area contributed by atoms with Gasteiger partial charge in [0.2, 0.25) is 0 Å². The van der Waals surface area contributed by atoms with Gasteiger partial charge in [-0.05, 0) is 6.92 Å². The van der Waals surface area contributed by atoms with Gasteiger partial charge < -0.3 is 0 Å². The van der Waals surface area contributed by atoms with E-state index in [1.807, 2.05) is 12.5 Å². The van der Waals surface area contributed by atoms with Crippen molar-refractivity contribution in [3.8, 4) is 0 Å². The highest BCUT2D eigenvalue weighted by Gasteiger charge is 1.69. The number of halogens is 1. The zero-order valence-electron chi connectivity index (χ0n) is 4.22. The molecule has 0 atom stereocenters. The molecule has 0 amide bonds. The minimum absolute atomic E-state index is 0.906. The Labute approximate surface area is 62.1 Å². The lowest BCUT2D eigenvalue weighted by Crippen LogP contribution is -1.67. The quantitative estimate of drug-likeness (QED) is 0.312. The van der Waals surface area contributed by atoms with Crippen LogP contribution in [0.2, 0.25) is 0 Å². The predicted octanol–water partition coefficient (Wildman–Crippen LogP) is 2.16. The van der Waals surface area contributed by atoms with Gasteiger partial charge in [0.05, 0.1) is 9.31 Å². The molecule has 0 spiro atoms. The first-order chi connectivity index (χ1) is 3.41. The highest BCUT2D eigenvalue weighted by Crippen LogP contribution is 1.98. The molecule has 0 aliphatic carbocycles. The van der Waals surface area contributed by atoms with Crippen LogP contribution in [0.5, 0.6) is 0 Å². The van der Waals surface area contributed by atoms with Crippen LogP contribution in [0, 0.1) is 0 Å². The van der Waals surface area contributed by atoms with E-state index in [4.69, 9.17) is 0 Å². The molecule has 1 nitrogen and oxygen atoms in total. The Hall–Kier alpha value is 0.750. The third-order valence-corrected chi connectivity index (χ3v) is 1.90. The fourth-order valence-corrected chi connectivity index (χ4v) is 0.949. The summed E-state index contributed by atoms with van der Waals surface area (Å²) in [6.45, 7) is 2.94. The second-order valence-electron chi connectivity index (χ2n) is 0.880. The first-order valence-electron chi connectivity index (χ1n) is 2.07. The largest absolute Gasteiger partial charge is 0.287 e. The molecule has 0 aliphatic heterocycles. The third-order valence-electron chi connectivity index (χ3n) is 0.395. The molecule has 0 aromatic rings. The Bertz CT molecular complexity index is 55.7. The van der Waals surface area contributed by atoms with Crippen molar-refractivity contribution in [1.82, 2.24) is 0 Å². The fourth-order valence-electron chi connectivity index (χ4n) is 0.155. The van der Waals surface area contributed by atoms with Gasteiger partial charge in [0, 0.05) is 6.54 Å². The number of nitrogens with zero attached hydrogens (tertiary/aromatic N) is 1. The molecule has 0 aromatic carbocycles. The second kappa shape index (κ2) is 6.75. The molecule has 0 radical (unpaired) electrons. The Balaban J connectivity index is 2.78. The van der Waals surface area contributed by atoms with Crippen molar-refractivity contribution in [3.63, 3.8) is 0 Å². The molecular weight excluding hydrogens is 221 g/mol. The number of aliphatic imine (C=N–C) groups is 1. The van der Waals surface area contributed by atoms with Crippen LogP contribution in [0.15, 0.2) is 4.99 Å². The van der Waals surface area contributed by atoms with Crippen molar-refractivity contribution >= 4 is 39.9 Å². The van der Waals surface area contributed by atoms with Crippen LogP contribution in [-0.2, 0) is 0 Å². The summed E-state index contributed by atoms with van der Waals surface area (Å²) in [5, 5.41) is 0. The van der Waals surface area contributed by atoms with E-state index < -0.39 is 0 Å². The summed E-state index contributed by atoms with van der Waals surface area (Å²) in [5.41, 5.74) is 1.90. The van der Waals surface area contributed by atoms with Crippen LogP contribution >= 0.6 is 34.4 Å². The van der Waals surface area contributed by atoms with E-state index in [0.29, 0.717) is 0 Å². The number of hydrogen-bond acceptors (Lipinski definition) is 2. The maximum absolute atomic E-state index is 3.99. The topological polar surface area (TPSA) is 12.4 Å². The molecule has 42 valence electrons. The van der Waals surface area contributed by atoms with E-state index in [1.54, 1.807) is 11.8 Å². The molecule has 0 rings (SSSR count). The van der Waals surface area contributed by atoms with E-state index >= 15 is 0 Å². The zero-order valence-corrected chi connectivity index (χ0v) is 7.20. The lowest BCUT2D eigenvalue weighted by molar-refractivity contribution is 1.15. The summed E-state index contributed by atoms with van der Waals surface area (Å²) in [6, 6.07) is 0. The summed E-state index contributed by atoms with van der Waals surface area (Å²) in [7, 11) is 0. The SMILES string of the molecule is CCN=CSCI. The lowest BCUT2D eigenvalue weighted by Gasteiger charge is -1.79. The van der Waals surface area contributed by atoms with Crippen molar-refractivity contribution in [2.24, 2.45) is 4.99 Å². The molecule has 0 bridgehead atoms. The first kappa shape index (κ1) is 7.75. The zero-order chi connectivity index (χ0) is 5.54. The average Bonchev–Trinajstić information content (AvgIpc) is 1.69. The van der Waals surface area contributed by atoms with Gasteiger partial charge in [0.15, 0.2) is 0 Å². The van der Waals surface area contributed by atoms with Crippen molar-refractivity contribution in [2.75, 3.05) is 10.3 Å². The van der Waals surface area contributed by atoms with Gasteiger partial charge in [-0.15, -0.1) is 11.8 Å². The molecule has 7 heavy (non-hydrogen) atoms. The molecule has 0 saturated heterocycles. The van der Waals surface area contributed by atoms with Crippen molar-refractivity contribution in [2.45, 2.75) is 6.92 Å². The summed E-state index contributed by atoms with van der Waals surface area (Å²) < 4.78 is 1.10. The monoisotopic (exact) mass is 229 g/mol. The van der Waals surface area contributed by atoms with Gasteiger partial charge in [-0.25, -0.2) is 0 Å². The van der Waals surface area contributed by atoms with Gasteiger partial charge in [-0.2, -0.15) is 0 Å². The normalized spacial score (nSPS) is 10.6. The highest BCUT2D eigenvalue weighted by molar-refractivity contribution is 14.1. The molecule has 3 heteroatoms. The summed E-state index contributed by atoms with van der Waals surface area (Å²) in [6.07, 6.45) is 0. The number of rotatable bonds is 3. The third kappa shape index (κ3) is 6.75. The molecule has 0 aliphatic rings. The minimum Gasteiger partial charge on any atom is -0.287 e. The maximum Gasteiger partial charge on any atom is 0.0548 e. The van der Waals surface area contributed by atoms with Crippen molar-refractivity contribution in [1.29, 1.82) is 0 Å². The smallest absolute Gasteiger partial charge is 0.0548 e. The summed E-state index contributed by atoms with van der Waals surface area (Å²) in [5.74, 6) is 0. The second-order valence-corrected chi connectivity index (χ2v) is 3.51. The Morgan fingerprint density at radius 2 is 2.57 bits per heavy atom. The molecular formula is C4H8INS. The van der Waals surface area contributed by atoms with Crippen LogP contribution in [0.1, 0.15) is 6.92 Å². The minimum atomic E-state index is 0.906. The number of alkyl halides is 1.